The SMILES string of the molecule is CN(C)CCC(=O)c1ccc(Cl)c(C(F)(F)F)c1. The number of benzene rings is 1. The zero-order valence-electron chi connectivity index (χ0n) is 10.0. The van der Waals surface area contributed by atoms with E-state index in [1.165, 1.54) is 6.07 Å². The molecule has 0 saturated heterocycles. The fraction of sp³-hybridized carbons (Fsp3) is 0.417. The molecule has 0 aliphatic rings. The van der Waals surface area contributed by atoms with Gasteiger partial charge in [0.05, 0.1) is 10.6 Å². The molecule has 0 radical (unpaired) electrons. The fourth-order valence-corrected chi connectivity index (χ4v) is 1.61. The van der Waals surface area contributed by atoms with Crippen LogP contribution in [0, 0.1) is 0 Å². The molecule has 0 saturated carbocycles. The van der Waals surface area contributed by atoms with E-state index >= 15 is 0 Å². The number of nitrogens with zero attached hydrogens (tertiary/aromatic N) is 1. The van der Waals surface area contributed by atoms with Crippen molar-refractivity contribution < 1.29 is 18.0 Å². The predicted molar refractivity (Wildman–Crippen MR) is 64.0 cm³/mol. The van der Waals surface area contributed by atoms with Crippen LogP contribution < -0.4 is 0 Å². The van der Waals surface area contributed by atoms with Crippen LogP contribution in [0.3, 0.4) is 0 Å². The maximum atomic E-state index is 12.6. The van der Waals surface area contributed by atoms with Crippen LogP contribution in [0.2, 0.25) is 5.02 Å². The van der Waals surface area contributed by atoms with Crippen LogP contribution in [-0.4, -0.2) is 31.3 Å². The second-order valence-electron chi connectivity index (χ2n) is 4.17. The van der Waals surface area contributed by atoms with Crippen LogP contribution in [0.25, 0.3) is 0 Å². The maximum absolute atomic E-state index is 12.6. The van der Waals surface area contributed by atoms with Crippen molar-refractivity contribution >= 4 is 17.4 Å². The molecule has 0 bridgehead atoms. The van der Waals surface area contributed by atoms with Crippen LogP contribution in [0.4, 0.5) is 13.2 Å². The third kappa shape index (κ3) is 3.99. The lowest BCUT2D eigenvalue weighted by molar-refractivity contribution is -0.137. The Hall–Kier alpha value is -1.07. The van der Waals surface area contributed by atoms with Gasteiger partial charge in [0.15, 0.2) is 5.78 Å². The molecule has 0 unspecified atom stereocenters. The summed E-state index contributed by atoms with van der Waals surface area (Å²) in [5, 5.41) is -0.397. The molecule has 0 amide bonds. The van der Waals surface area contributed by atoms with Crippen molar-refractivity contribution in [1.29, 1.82) is 0 Å². The van der Waals surface area contributed by atoms with Gasteiger partial charge in [-0.2, -0.15) is 13.2 Å². The number of ketones is 1. The summed E-state index contributed by atoms with van der Waals surface area (Å²) in [5.41, 5.74) is -0.937. The number of halogens is 4. The number of hydrogen-bond acceptors (Lipinski definition) is 2. The highest BCUT2D eigenvalue weighted by molar-refractivity contribution is 6.31. The Labute approximate surface area is 108 Å². The molecular formula is C12H13ClF3NO. The fourth-order valence-electron chi connectivity index (χ4n) is 1.39. The molecule has 0 fully saturated rings. The van der Waals surface area contributed by atoms with Crippen molar-refractivity contribution in [2.45, 2.75) is 12.6 Å². The Kier molecular flexibility index (Phi) is 4.76. The van der Waals surface area contributed by atoms with E-state index in [9.17, 15) is 18.0 Å². The van der Waals surface area contributed by atoms with Crippen LogP contribution in [0.15, 0.2) is 18.2 Å². The molecule has 0 aliphatic heterocycles. The Morgan fingerprint density at radius 1 is 1.33 bits per heavy atom. The van der Waals surface area contributed by atoms with Crippen molar-refractivity contribution in [1.82, 2.24) is 4.90 Å². The smallest absolute Gasteiger partial charge is 0.309 e. The van der Waals surface area contributed by atoms with Crippen molar-refractivity contribution in [2.75, 3.05) is 20.6 Å². The Bertz CT molecular complexity index is 443. The van der Waals surface area contributed by atoms with Gasteiger partial charge in [-0.3, -0.25) is 4.79 Å². The quantitative estimate of drug-likeness (QED) is 0.786. The summed E-state index contributed by atoms with van der Waals surface area (Å²) in [4.78, 5) is 13.5. The maximum Gasteiger partial charge on any atom is 0.417 e. The number of rotatable bonds is 4. The normalized spacial score (nSPS) is 11.9. The lowest BCUT2D eigenvalue weighted by atomic mass is 10.0. The zero-order chi connectivity index (χ0) is 13.9. The molecule has 6 heteroatoms. The van der Waals surface area contributed by atoms with Crippen molar-refractivity contribution in [2.24, 2.45) is 0 Å². The van der Waals surface area contributed by atoms with Gasteiger partial charge >= 0.3 is 6.18 Å². The zero-order valence-corrected chi connectivity index (χ0v) is 10.8. The standard InChI is InChI=1S/C12H13ClF3NO/c1-17(2)6-5-11(18)8-3-4-10(13)9(7-8)12(14,15)16/h3-4,7H,5-6H2,1-2H3. The summed E-state index contributed by atoms with van der Waals surface area (Å²) in [5.74, 6) is -0.328. The molecule has 0 aliphatic carbocycles. The van der Waals surface area contributed by atoms with Gasteiger partial charge in [-0.1, -0.05) is 11.6 Å². The molecular weight excluding hydrogens is 267 g/mol. The van der Waals surface area contributed by atoms with Gasteiger partial charge in [0.2, 0.25) is 0 Å². The number of alkyl halides is 3. The minimum Gasteiger partial charge on any atom is -0.309 e. The number of Topliss-reactive ketones (excluding diaryl/α,β-unsaturated/α-hetero) is 1. The highest BCUT2D eigenvalue weighted by atomic mass is 35.5. The molecule has 18 heavy (non-hydrogen) atoms. The topological polar surface area (TPSA) is 20.3 Å². The summed E-state index contributed by atoms with van der Waals surface area (Å²) >= 11 is 5.47. The first-order valence-electron chi connectivity index (χ1n) is 5.26. The third-order valence-electron chi connectivity index (χ3n) is 2.38. The second kappa shape index (κ2) is 5.71. The van der Waals surface area contributed by atoms with E-state index in [0.29, 0.717) is 6.54 Å². The summed E-state index contributed by atoms with van der Waals surface area (Å²) in [6.45, 7) is 0.489. The first-order valence-corrected chi connectivity index (χ1v) is 5.64. The van der Waals surface area contributed by atoms with Crippen LogP contribution in [-0.2, 0) is 6.18 Å². The second-order valence-corrected chi connectivity index (χ2v) is 4.58. The summed E-state index contributed by atoms with van der Waals surface area (Å²) in [6.07, 6.45) is -4.37. The van der Waals surface area contributed by atoms with E-state index < -0.39 is 16.8 Å². The average molecular weight is 280 g/mol. The number of carbonyl (C=O) groups is 1. The van der Waals surface area contributed by atoms with E-state index in [4.69, 9.17) is 11.6 Å². The van der Waals surface area contributed by atoms with Crippen LogP contribution in [0.5, 0.6) is 0 Å². The predicted octanol–water partition coefficient (Wildman–Crippen LogP) is 3.49. The highest BCUT2D eigenvalue weighted by Crippen LogP contribution is 2.35. The van der Waals surface area contributed by atoms with Crippen LogP contribution >= 0.6 is 11.6 Å². The van der Waals surface area contributed by atoms with E-state index in [2.05, 4.69) is 0 Å². The van der Waals surface area contributed by atoms with Crippen LogP contribution in [0.1, 0.15) is 22.3 Å². The Morgan fingerprint density at radius 2 is 1.94 bits per heavy atom. The summed E-state index contributed by atoms with van der Waals surface area (Å²) < 4.78 is 37.8. The molecule has 1 aromatic rings. The molecule has 1 rings (SSSR count). The van der Waals surface area contributed by atoms with Gasteiger partial charge in [0.25, 0.3) is 0 Å². The molecule has 0 spiro atoms. The van der Waals surface area contributed by atoms with Gasteiger partial charge in [0, 0.05) is 18.5 Å². The lowest BCUT2D eigenvalue weighted by Gasteiger charge is -2.11. The van der Waals surface area contributed by atoms with Gasteiger partial charge in [0.1, 0.15) is 0 Å². The molecule has 0 heterocycles. The van der Waals surface area contributed by atoms with Crippen molar-refractivity contribution in [3.05, 3.63) is 34.3 Å². The summed E-state index contributed by atoms with van der Waals surface area (Å²) in [6, 6.07) is 3.23. The Balaban J connectivity index is 2.95. The first kappa shape index (κ1) is 15.0. The summed E-state index contributed by atoms with van der Waals surface area (Å²) in [7, 11) is 3.58. The van der Waals surface area contributed by atoms with E-state index in [1.54, 1.807) is 19.0 Å². The molecule has 0 atom stereocenters. The van der Waals surface area contributed by atoms with E-state index in [1.807, 2.05) is 0 Å². The van der Waals surface area contributed by atoms with Gasteiger partial charge in [-0.05, 0) is 32.3 Å². The van der Waals surface area contributed by atoms with E-state index in [-0.39, 0.29) is 17.8 Å². The van der Waals surface area contributed by atoms with Crippen molar-refractivity contribution in [3.63, 3.8) is 0 Å². The van der Waals surface area contributed by atoms with Gasteiger partial charge in [-0.25, -0.2) is 0 Å². The number of hydrogen-bond donors (Lipinski definition) is 0. The van der Waals surface area contributed by atoms with Crippen molar-refractivity contribution in [3.8, 4) is 0 Å². The average Bonchev–Trinajstić information content (AvgIpc) is 2.24. The molecule has 2 nitrogen and oxygen atoms in total. The largest absolute Gasteiger partial charge is 0.417 e. The first-order chi connectivity index (χ1) is 8.21. The Morgan fingerprint density at radius 3 is 2.44 bits per heavy atom. The minimum atomic E-state index is -4.55. The number of carbonyl (C=O) groups excluding carboxylic acids is 1. The molecule has 1 aromatic carbocycles. The molecule has 0 N–H and O–H groups in total. The van der Waals surface area contributed by atoms with Gasteiger partial charge in [-0.15, -0.1) is 0 Å². The monoisotopic (exact) mass is 279 g/mol. The highest BCUT2D eigenvalue weighted by Gasteiger charge is 2.33. The lowest BCUT2D eigenvalue weighted by Crippen LogP contribution is -2.17. The molecule has 100 valence electrons. The van der Waals surface area contributed by atoms with Gasteiger partial charge < -0.3 is 4.90 Å². The van der Waals surface area contributed by atoms with E-state index in [0.717, 1.165) is 12.1 Å². The molecule has 0 aromatic heterocycles. The minimum absolute atomic E-state index is 0.0357. The third-order valence-corrected chi connectivity index (χ3v) is 2.71.